The van der Waals surface area contributed by atoms with Gasteiger partial charge in [-0.3, -0.25) is 0 Å². The molecule has 1 fully saturated rings. The molecule has 1 aromatic heterocycles. The summed E-state index contributed by atoms with van der Waals surface area (Å²) >= 11 is 3.44. The lowest BCUT2D eigenvalue weighted by molar-refractivity contribution is -0.0838. The van der Waals surface area contributed by atoms with E-state index in [0.29, 0.717) is 11.7 Å². The molecule has 0 N–H and O–H groups in total. The number of hydrogen-bond donors (Lipinski definition) is 0. The van der Waals surface area contributed by atoms with Gasteiger partial charge in [-0.1, -0.05) is 33.2 Å². The third kappa shape index (κ3) is 2.92. The van der Waals surface area contributed by atoms with E-state index in [1.807, 2.05) is 31.2 Å². The van der Waals surface area contributed by atoms with Gasteiger partial charge in [0.25, 0.3) is 5.89 Å². The molecule has 1 aliphatic heterocycles. The minimum absolute atomic E-state index is 0.155. The minimum Gasteiger partial charge on any atom is -0.363 e. The largest absolute Gasteiger partial charge is 0.363 e. The van der Waals surface area contributed by atoms with E-state index >= 15 is 0 Å². The molecular weight excluding hydrogens is 322 g/mol. The van der Waals surface area contributed by atoms with Crippen molar-refractivity contribution in [2.45, 2.75) is 19.1 Å². The van der Waals surface area contributed by atoms with Gasteiger partial charge in [-0.2, -0.15) is 4.98 Å². The van der Waals surface area contributed by atoms with E-state index in [1.165, 1.54) is 0 Å². The van der Waals surface area contributed by atoms with Gasteiger partial charge >= 0.3 is 0 Å². The van der Waals surface area contributed by atoms with Crippen LogP contribution in [0.25, 0.3) is 11.4 Å². The van der Waals surface area contributed by atoms with Gasteiger partial charge in [-0.25, -0.2) is 0 Å². The summed E-state index contributed by atoms with van der Waals surface area (Å²) in [7, 11) is 2.07. The summed E-state index contributed by atoms with van der Waals surface area (Å²) < 4.78 is 12.2. The van der Waals surface area contributed by atoms with E-state index < -0.39 is 0 Å². The average Bonchev–Trinajstić information content (AvgIpc) is 2.87. The summed E-state index contributed by atoms with van der Waals surface area (Å²) in [6.45, 7) is 3.74. The van der Waals surface area contributed by atoms with Crippen molar-refractivity contribution in [2.75, 3.05) is 20.1 Å². The van der Waals surface area contributed by atoms with Crippen LogP contribution < -0.4 is 0 Å². The predicted octanol–water partition coefficient (Wildman–Crippen LogP) is 2.89. The highest BCUT2D eigenvalue weighted by atomic mass is 79.9. The Balaban J connectivity index is 1.83. The molecule has 2 aromatic rings. The van der Waals surface area contributed by atoms with Crippen LogP contribution in [0.15, 0.2) is 33.3 Å². The number of hydrogen-bond acceptors (Lipinski definition) is 5. The second kappa shape index (κ2) is 5.63. The van der Waals surface area contributed by atoms with Crippen molar-refractivity contribution in [1.29, 1.82) is 0 Å². The zero-order valence-corrected chi connectivity index (χ0v) is 13.0. The van der Waals surface area contributed by atoms with Crippen LogP contribution in [0.2, 0.25) is 0 Å². The molecule has 2 atom stereocenters. The third-order valence-corrected chi connectivity index (χ3v) is 3.74. The molecule has 0 bridgehead atoms. The number of ether oxygens (including phenoxy) is 1. The smallest absolute Gasteiger partial charge is 0.257 e. The molecule has 2 heterocycles. The molecule has 6 heteroatoms. The van der Waals surface area contributed by atoms with Crippen molar-refractivity contribution in [3.63, 3.8) is 0 Å². The Labute approximate surface area is 126 Å². The molecule has 1 saturated heterocycles. The fourth-order valence-electron chi connectivity index (χ4n) is 2.41. The van der Waals surface area contributed by atoms with Gasteiger partial charge in [0.05, 0.1) is 6.10 Å². The van der Waals surface area contributed by atoms with E-state index in [2.05, 4.69) is 38.0 Å². The van der Waals surface area contributed by atoms with Crippen LogP contribution in [0.5, 0.6) is 0 Å². The molecule has 0 aliphatic carbocycles. The van der Waals surface area contributed by atoms with Crippen LogP contribution in [0, 0.1) is 0 Å². The molecule has 2 unspecified atom stereocenters. The molecule has 1 aromatic carbocycles. The second-order valence-electron chi connectivity index (χ2n) is 5.12. The topological polar surface area (TPSA) is 51.4 Å². The summed E-state index contributed by atoms with van der Waals surface area (Å²) in [6.07, 6.45) is 0.0112. The van der Waals surface area contributed by atoms with Gasteiger partial charge in [-0.15, -0.1) is 0 Å². The van der Waals surface area contributed by atoms with E-state index in [4.69, 9.17) is 9.26 Å². The Morgan fingerprint density at radius 1 is 1.35 bits per heavy atom. The Morgan fingerprint density at radius 2 is 2.20 bits per heavy atom. The van der Waals surface area contributed by atoms with Gasteiger partial charge in [-0.05, 0) is 26.1 Å². The zero-order chi connectivity index (χ0) is 14.1. The molecule has 106 valence electrons. The first-order chi connectivity index (χ1) is 9.61. The molecule has 0 saturated carbocycles. The highest BCUT2D eigenvalue weighted by molar-refractivity contribution is 9.10. The summed E-state index contributed by atoms with van der Waals surface area (Å²) in [6, 6.07) is 7.83. The number of aromatic nitrogens is 2. The summed E-state index contributed by atoms with van der Waals surface area (Å²) in [5.74, 6) is 1.13. The predicted molar refractivity (Wildman–Crippen MR) is 78.2 cm³/mol. The molecule has 3 rings (SSSR count). The fourth-order valence-corrected chi connectivity index (χ4v) is 2.81. The molecule has 0 spiro atoms. The normalized spacial score (nSPS) is 23.9. The van der Waals surface area contributed by atoms with Crippen molar-refractivity contribution in [3.8, 4) is 11.4 Å². The minimum atomic E-state index is -0.155. The first-order valence-corrected chi connectivity index (χ1v) is 7.34. The number of benzene rings is 1. The van der Waals surface area contributed by atoms with Crippen LogP contribution in [0.4, 0.5) is 0 Å². The Morgan fingerprint density at radius 3 is 2.95 bits per heavy atom. The lowest BCUT2D eigenvalue weighted by atomic mass is 10.2. The highest BCUT2D eigenvalue weighted by Gasteiger charge is 2.28. The SMILES string of the molecule is CC1CN(C)CC(c2nc(-c3cccc(Br)c3)no2)O1. The number of morpholine rings is 1. The Hall–Kier alpha value is -1.24. The van der Waals surface area contributed by atoms with Crippen molar-refractivity contribution in [2.24, 2.45) is 0 Å². The van der Waals surface area contributed by atoms with Gasteiger partial charge in [0.15, 0.2) is 0 Å². The lowest BCUT2D eigenvalue weighted by Gasteiger charge is -2.32. The van der Waals surface area contributed by atoms with Gasteiger partial charge in [0.1, 0.15) is 6.10 Å². The van der Waals surface area contributed by atoms with E-state index in [0.717, 1.165) is 23.1 Å². The maximum Gasteiger partial charge on any atom is 0.257 e. The Kier molecular flexibility index (Phi) is 3.87. The van der Waals surface area contributed by atoms with Gasteiger partial charge in [0.2, 0.25) is 5.82 Å². The number of halogens is 1. The van der Waals surface area contributed by atoms with Crippen LogP contribution in [-0.2, 0) is 4.74 Å². The maximum absolute atomic E-state index is 5.87. The second-order valence-corrected chi connectivity index (χ2v) is 6.04. The zero-order valence-electron chi connectivity index (χ0n) is 11.4. The van der Waals surface area contributed by atoms with Gasteiger partial charge in [0, 0.05) is 23.1 Å². The van der Waals surface area contributed by atoms with Crippen molar-refractivity contribution in [3.05, 3.63) is 34.6 Å². The van der Waals surface area contributed by atoms with Gasteiger partial charge < -0.3 is 14.2 Å². The number of likely N-dealkylation sites (N-methyl/N-ethyl adjacent to an activating group) is 1. The molecular formula is C14H16BrN3O2. The van der Waals surface area contributed by atoms with E-state index in [-0.39, 0.29) is 12.2 Å². The summed E-state index contributed by atoms with van der Waals surface area (Å²) in [4.78, 5) is 6.67. The number of nitrogens with zero attached hydrogens (tertiary/aromatic N) is 3. The fraction of sp³-hybridized carbons (Fsp3) is 0.429. The van der Waals surface area contributed by atoms with Crippen LogP contribution >= 0.6 is 15.9 Å². The van der Waals surface area contributed by atoms with Crippen molar-refractivity contribution in [1.82, 2.24) is 15.0 Å². The molecule has 0 radical (unpaired) electrons. The average molecular weight is 338 g/mol. The highest BCUT2D eigenvalue weighted by Crippen LogP contribution is 2.26. The quantitative estimate of drug-likeness (QED) is 0.843. The van der Waals surface area contributed by atoms with Crippen LogP contribution in [0.3, 0.4) is 0 Å². The first kappa shape index (κ1) is 13.7. The Bertz CT molecular complexity index is 592. The summed E-state index contributed by atoms with van der Waals surface area (Å²) in [5, 5.41) is 4.05. The van der Waals surface area contributed by atoms with E-state index in [1.54, 1.807) is 0 Å². The monoisotopic (exact) mass is 337 g/mol. The third-order valence-electron chi connectivity index (χ3n) is 3.24. The van der Waals surface area contributed by atoms with Crippen molar-refractivity contribution >= 4 is 15.9 Å². The number of rotatable bonds is 2. The van der Waals surface area contributed by atoms with Crippen molar-refractivity contribution < 1.29 is 9.26 Å². The van der Waals surface area contributed by atoms with Crippen LogP contribution in [-0.4, -0.2) is 41.3 Å². The standard InChI is InChI=1S/C14H16BrN3O2/c1-9-7-18(2)8-12(19-9)14-16-13(17-20-14)10-4-3-5-11(15)6-10/h3-6,9,12H,7-8H2,1-2H3. The lowest BCUT2D eigenvalue weighted by Crippen LogP contribution is -2.40. The maximum atomic E-state index is 5.87. The molecule has 0 amide bonds. The molecule has 1 aliphatic rings. The molecule has 5 nitrogen and oxygen atoms in total. The first-order valence-electron chi connectivity index (χ1n) is 6.55. The van der Waals surface area contributed by atoms with E-state index in [9.17, 15) is 0 Å². The summed E-state index contributed by atoms with van der Waals surface area (Å²) in [5.41, 5.74) is 0.923. The molecule has 20 heavy (non-hydrogen) atoms. The van der Waals surface area contributed by atoms with Crippen LogP contribution in [0.1, 0.15) is 18.9 Å².